The van der Waals surface area contributed by atoms with Crippen LogP contribution in [0, 0.1) is 0 Å². The summed E-state index contributed by atoms with van der Waals surface area (Å²) in [6, 6.07) is 9.30. The van der Waals surface area contributed by atoms with Crippen molar-refractivity contribution in [3.05, 3.63) is 46.8 Å². The summed E-state index contributed by atoms with van der Waals surface area (Å²) in [4.78, 5) is 16.6. The molecule has 24 heavy (non-hydrogen) atoms. The van der Waals surface area contributed by atoms with Crippen molar-refractivity contribution in [1.29, 1.82) is 0 Å². The maximum absolute atomic E-state index is 12.3. The summed E-state index contributed by atoms with van der Waals surface area (Å²) in [6.07, 6.45) is 1.09. The van der Waals surface area contributed by atoms with E-state index in [-0.39, 0.29) is 28.5 Å². The van der Waals surface area contributed by atoms with Crippen LogP contribution in [0.1, 0.15) is 0 Å². The highest BCUT2D eigenvalue weighted by atomic mass is 32.2. The van der Waals surface area contributed by atoms with Crippen molar-refractivity contribution in [2.45, 2.75) is 4.90 Å². The number of aromatic nitrogens is 1. The van der Waals surface area contributed by atoms with Crippen LogP contribution < -0.4 is 15.1 Å². The van der Waals surface area contributed by atoms with Gasteiger partial charge in [0.15, 0.2) is 21.3 Å². The van der Waals surface area contributed by atoms with Gasteiger partial charge in [0, 0.05) is 18.4 Å². The lowest BCUT2D eigenvalue weighted by Crippen LogP contribution is -2.05. The van der Waals surface area contributed by atoms with E-state index < -0.39 is 15.5 Å². The van der Waals surface area contributed by atoms with Crippen LogP contribution in [0.2, 0.25) is 0 Å². The maximum atomic E-state index is 12.3. The SMILES string of the molecule is CS(=O)(=O)c1ccccc1-c1nc2cc3c(cc2c(=O)o1)OCO3. The summed E-state index contributed by atoms with van der Waals surface area (Å²) in [5, 5.41) is 0.236. The topological polar surface area (TPSA) is 95.7 Å². The molecule has 122 valence electrons. The fourth-order valence-electron chi connectivity index (χ4n) is 2.54. The van der Waals surface area contributed by atoms with Gasteiger partial charge in [-0.05, 0) is 12.1 Å². The molecule has 0 saturated heterocycles. The Bertz CT molecular complexity index is 1130. The van der Waals surface area contributed by atoms with Crippen molar-refractivity contribution in [3.63, 3.8) is 0 Å². The lowest BCUT2D eigenvalue weighted by molar-refractivity contribution is 0.174. The summed E-state index contributed by atoms with van der Waals surface area (Å²) in [7, 11) is -3.50. The van der Waals surface area contributed by atoms with Crippen molar-refractivity contribution >= 4 is 20.7 Å². The molecule has 7 nitrogen and oxygen atoms in total. The fraction of sp³-hybridized carbons (Fsp3) is 0.125. The fourth-order valence-corrected chi connectivity index (χ4v) is 3.42. The first-order valence-corrected chi connectivity index (χ1v) is 8.86. The molecule has 4 rings (SSSR count). The van der Waals surface area contributed by atoms with Gasteiger partial charge in [-0.1, -0.05) is 12.1 Å². The number of ether oxygens (including phenoxy) is 2. The minimum absolute atomic E-state index is 0.0424. The minimum Gasteiger partial charge on any atom is -0.454 e. The van der Waals surface area contributed by atoms with E-state index >= 15 is 0 Å². The first-order valence-electron chi connectivity index (χ1n) is 6.97. The van der Waals surface area contributed by atoms with Crippen LogP contribution in [0.25, 0.3) is 22.4 Å². The molecular weight excluding hydrogens is 334 g/mol. The standard InChI is InChI=1S/C16H11NO6S/c1-24(19,20)14-5-3-2-4-9(14)15-17-11-7-13-12(21-8-22-13)6-10(11)16(18)23-15/h2-7H,8H2,1H3. The smallest absolute Gasteiger partial charge is 0.347 e. The van der Waals surface area contributed by atoms with Gasteiger partial charge in [-0.3, -0.25) is 0 Å². The van der Waals surface area contributed by atoms with Gasteiger partial charge in [0.2, 0.25) is 12.7 Å². The van der Waals surface area contributed by atoms with Gasteiger partial charge >= 0.3 is 5.63 Å². The van der Waals surface area contributed by atoms with E-state index in [1.54, 1.807) is 24.3 Å². The van der Waals surface area contributed by atoms with Crippen LogP contribution >= 0.6 is 0 Å². The Morgan fingerprint density at radius 3 is 2.54 bits per heavy atom. The van der Waals surface area contributed by atoms with Gasteiger partial charge in [0.25, 0.3) is 0 Å². The highest BCUT2D eigenvalue weighted by Gasteiger charge is 2.21. The zero-order valence-corrected chi connectivity index (χ0v) is 13.3. The zero-order chi connectivity index (χ0) is 16.9. The third-order valence-electron chi connectivity index (χ3n) is 3.64. The quantitative estimate of drug-likeness (QED) is 0.701. The van der Waals surface area contributed by atoms with Gasteiger partial charge in [0.05, 0.1) is 21.4 Å². The zero-order valence-electron chi connectivity index (χ0n) is 12.5. The number of hydrogen-bond donors (Lipinski definition) is 0. The molecule has 8 heteroatoms. The second-order valence-corrected chi connectivity index (χ2v) is 7.28. The molecule has 0 bridgehead atoms. The Morgan fingerprint density at radius 2 is 1.79 bits per heavy atom. The molecule has 0 aliphatic carbocycles. The van der Waals surface area contributed by atoms with Crippen LogP contribution in [-0.4, -0.2) is 26.5 Å². The Hall–Kier alpha value is -2.87. The second kappa shape index (κ2) is 5.07. The monoisotopic (exact) mass is 345 g/mol. The van der Waals surface area contributed by atoms with Gasteiger partial charge in [-0.15, -0.1) is 0 Å². The Kier molecular flexibility index (Phi) is 3.10. The molecule has 3 aromatic rings. The van der Waals surface area contributed by atoms with Crippen molar-refractivity contribution < 1.29 is 22.3 Å². The molecular formula is C16H11NO6S. The maximum Gasteiger partial charge on any atom is 0.347 e. The average molecular weight is 345 g/mol. The lowest BCUT2D eigenvalue weighted by Gasteiger charge is -2.07. The normalized spacial score (nSPS) is 13.4. The molecule has 0 radical (unpaired) electrons. The summed E-state index contributed by atoms with van der Waals surface area (Å²) >= 11 is 0. The number of nitrogens with zero attached hydrogens (tertiary/aromatic N) is 1. The predicted octanol–water partition coefficient (Wildman–Crippen LogP) is 1.99. The van der Waals surface area contributed by atoms with E-state index in [0.717, 1.165) is 6.26 Å². The van der Waals surface area contributed by atoms with Crippen LogP contribution in [0.4, 0.5) is 0 Å². The van der Waals surface area contributed by atoms with Crippen molar-refractivity contribution in [3.8, 4) is 23.0 Å². The largest absolute Gasteiger partial charge is 0.454 e. The Balaban J connectivity index is 2.00. The van der Waals surface area contributed by atoms with Gasteiger partial charge in [-0.25, -0.2) is 18.2 Å². The molecule has 0 spiro atoms. The summed E-state index contributed by atoms with van der Waals surface area (Å²) in [5.41, 5.74) is -0.0536. The first kappa shape index (κ1) is 14.7. The van der Waals surface area contributed by atoms with Crippen molar-refractivity contribution in [2.75, 3.05) is 13.0 Å². The highest BCUT2D eigenvalue weighted by molar-refractivity contribution is 7.90. The van der Waals surface area contributed by atoms with Gasteiger partial charge in [-0.2, -0.15) is 0 Å². The average Bonchev–Trinajstić information content (AvgIpc) is 2.99. The summed E-state index contributed by atoms with van der Waals surface area (Å²) < 4.78 is 39.6. The Morgan fingerprint density at radius 1 is 1.08 bits per heavy atom. The lowest BCUT2D eigenvalue weighted by atomic mass is 10.2. The minimum atomic E-state index is -3.50. The van der Waals surface area contributed by atoms with E-state index in [0.29, 0.717) is 17.0 Å². The molecule has 0 amide bonds. The molecule has 0 unspecified atom stereocenters. The molecule has 0 N–H and O–H groups in total. The first-order chi connectivity index (χ1) is 11.4. The van der Waals surface area contributed by atoms with Gasteiger partial charge in [0.1, 0.15) is 0 Å². The van der Waals surface area contributed by atoms with E-state index in [2.05, 4.69) is 4.98 Å². The van der Waals surface area contributed by atoms with Crippen molar-refractivity contribution in [1.82, 2.24) is 4.98 Å². The number of hydrogen-bond acceptors (Lipinski definition) is 7. The molecule has 0 atom stereocenters. The molecule has 1 aliphatic rings. The van der Waals surface area contributed by atoms with Crippen LogP contribution in [0.15, 0.2) is 50.5 Å². The van der Waals surface area contributed by atoms with E-state index in [1.165, 1.54) is 12.1 Å². The Labute approximate surface area is 136 Å². The number of fused-ring (bicyclic) bond motifs is 2. The van der Waals surface area contributed by atoms with E-state index in [1.807, 2.05) is 0 Å². The number of sulfone groups is 1. The summed E-state index contributed by atoms with van der Waals surface area (Å²) in [6.45, 7) is 0.0702. The van der Waals surface area contributed by atoms with E-state index in [4.69, 9.17) is 13.9 Å². The van der Waals surface area contributed by atoms with Crippen LogP contribution in [-0.2, 0) is 9.84 Å². The third kappa shape index (κ3) is 2.31. The van der Waals surface area contributed by atoms with E-state index in [9.17, 15) is 13.2 Å². The molecule has 1 aromatic heterocycles. The van der Waals surface area contributed by atoms with Crippen molar-refractivity contribution in [2.24, 2.45) is 0 Å². The molecule has 0 saturated carbocycles. The molecule has 2 aromatic carbocycles. The molecule has 1 aliphatic heterocycles. The highest BCUT2D eigenvalue weighted by Crippen LogP contribution is 2.35. The molecule has 0 fully saturated rings. The second-order valence-electron chi connectivity index (χ2n) is 5.30. The van der Waals surface area contributed by atoms with Gasteiger partial charge < -0.3 is 13.9 Å². The summed E-state index contributed by atoms with van der Waals surface area (Å²) in [5.74, 6) is 0.858. The van der Waals surface area contributed by atoms with Crippen LogP contribution in [0.3, 0.4) is 0 Å². The third-order valence-corrected chi connectivity index (χ3v) is 4.79. The molecule has 2 heterocycles. The predicted molar refractivity (Wildman–Crippen MR) is 84.9 cm³/mol. The number of rotatable bonds is 2. The van der Waals surface area contributed by atoms with Crippen LogP contribution in [0.5, 0.6) is 11.5 Å². The number of benzene rings is 2.